The third-order valence-electron chi connectivity index (χ3n) is 2.27. The van der Waals surface area contributed by atoms with Crippen molar-refractivity contribution in [3.63, 3.8) is 0 Å². The molecule has 3 aromatic heterocycles. The van der Waals surface area contributed by atoms with E-state index in [1.54, 1.807) is 24.5 Å². The maximum Gasteiger partial charge on any atom is 0.276 e. The van der Waals surface area contributed by atoms with E-state index in [-0.39, 0.29) is 0 Å². The first-order valence-corrected chi connectivity index (χ1v) is 5.02. The van der Waals surface area contributed by atoms with E-state index in [4.69, 9.17) is 10.3 Å². The van der Waals surface area contributed by atoms with Gasteiger partial charge in [0, 0.05) is 6.20 Å². The zero-order valence-corrected chi connectivity index (χ0v) is 8.79. The maximum atomic E-state index is 5.55. The molecule has 0 saturated carbocycles. The van der Waals surface area contributed by atoms with E-state index in [1.165, 1.54) is 0 Å². The average molecular weight is 227 g/mol. The summed E-state index contributed by atoms with van der Waals surface area (Å²) < 4.78 is 5.13. The number of nitrogens with zero attached hydrogens (tertiary/aromatic N) is 3. The first-order valence-electron chi connectivity index (χ1n) is 5.02. The van der Waals surface area contributed by atoms with Gasteiger partial charge >= 0.3 is 0 Å². The summed E-state index contributed by atoms with van der Waals surface area (Å²) in [6, 6.07) is 7.21. The third kappa shape index (κ3) is 1.76. The smallest absolute Gasteiger partial charge is 0.276 e. The molecule has 0 aromatic carbocycles. The number of nitrogen functional groups attached to an aromatic ring is 1. The number of H-pyrrole nitrogens is 1. The van der Waals surface area contributed by atoms with E-state index in [2.05, 4.69) is 20.1 Å². The number of aromatic nitrogens is 4. The minimum atomic E-state index is 0.370. The van der Waals surface area contributed by atoms with Crippen molar-refractivity contribution in [3.8, 4) is 23.1 Å². The molecule has 3 aromatic rings. The number of pyridine rings is 1. The molecule has 17 heavy (non-hydrogen) atoms. The normalized spacial score (nSPS) is 10.6. The summed E-state index contributed by atoms with van der Waals surface area (Å²) in [5, 5.41) is 3.87. The Labute approximate surface area is 96.5 Å². The highest BCUT2D eigenvalue weighted by Crippen LogP contribution is 2.19. The molecule has 3 N–H and O–H groups in total. The fourth-order valence-corrected chi connectivity index (χ4v) is 1.44. The standard InChI is InChI=1S/C11H9N5O/c12-7-3-4-9(14-6-7)11-15-10(16-17-11)8-2-1-5-13-8/h1-6,13H,12H2. The molecule has 6 nitrogen and oxygen atoms in total. The van der Waals surface area contributed by atoms with Crippen molar-refractivity contribution < 1.29 is 4.52 Å². The van der Waals surface area contributed by atoms with Gasteiger partial charge in [0.05, 0.1) is 17.6 Å². The van der Waals surface area contributed by atoms with Crippen LogP contribution >= 0.6 is 0 Å². The van der Waals surface area contributed by atoms with E-state index in [1.807, 2.05) is 12.1 Å². The van der Waals surface area contributed by atoms with Crippen LogP contribution in [-0.4, -0.2) is 20.1 Å². The second-order valence-corrected chi connectivity index (χ2v) is 3.48. The van der Waals surface area contributed by atoms with Crippen LogP contribution in [0.4, 0.5) is 5.69 Å². The van der Waals surface area contributed by atoms with Crippen LogP contribution < -0.4 is 5.73 Å². The zero-order valence-electron chi connectivity index (χ0n) is 8.79. The lowest BCUT2D eigenvalue weighted by molar-refractivity contribution is 0.431. The first kappa shape index (κ1) is 9.59. The number of hydrogen-bond acceptors (Lipinski definition) is 5. The first-order chi connectivity index (χ1) is 8.33. The van der Waals surface area contributed by atoms with E-state index in [0.29, 0.717) is 23.1 Å². The Kier molecular flexibility index (Phi) is 2.11. The van der Waals surface area contributed by atoms with Gasteiger partial charge in [-0.05, 0) is 24.3 Å². The van der Waals surface area contributed by atoms with Gasteiger partial charge in [-0.15, -0.1) is 0 Å². The molecule has 0 fully saturated rings. The monoisotopic (exact) mass is 227 g/mol. The number of aromatic amines is 1. The maximum absolute atomic E-state index is 5.55. The number of nitrogens with one attached hydrogen (secondary N) is 1. The van der Waals surface area contributed by atoms with E-state index in [9.17, 15) is 0 Å². The molecule has 0 saturated heterocycles. The summed E-state index contributed by atoms with van der Waals surface area (Å²) in [4.78, 5) is 11.4. The minimum Gasteiger partial charge on any atom is -0.397 e. The van der Waals surface area contributed by atoms with Crippen molar-refractivity contribution in [2.24, 2.45) is 0 Å². The summed E-state index contributed by atoms with van der Waals surface area (Å²) in [5.41, 5.74) is 7.55. The van der Waals surface area contributed by atoms with Crippen LogP contribution in [0, 0.1) is 0 Å². The molecule has 0 radical (unpaired) electrons. The Morgan fingerprint density at radius 2 is 2.18 bits per heavy atom. The van der Waals surface area contributed by atoms with Crippen molar-refractivity contribution in [2.75, 3.05) is 5.73 Å². The van der Waals surface area contributed by atoms with Crippen LogP contribution in [0.2, 0.25) is 0 Å². The lowest BCUT2D eigenvalue weighted by Crippen LogP contribution is -1.88. The van der Waals surface area contributed by atoms with Gasteiger partial charge in [-0.1, -0.05) is 5.16 Å². The summed E-state index contributed by atoms with van der Waals surface area (Å²) in [7, 11) is 0. The Bertz CT molecular complexity index is 612. The van der Waals surface area contributed by atoms with Gasteiger partial charge in [-0.25, -0.2) is 4.98 Å². The van der Waals surface area contributed by atoms with Crippen molar-refractivity contribution >= 4 is 5.69 Å². The molecule has 84 valence electrons. The second kappa shape index (κ2) is 3.75. The quantitative estimate of drug-likeness (QED) is 0.695. The highest BCUT2D eigenvalue weighted by molar-refractivity contribution is 5.55. The molecule has 0 atom stereocenters. The fraction of sp³-hybridized carbons (Fsp3) is 0. The van der Waals surface area contributed by atoms with Crippen LogP contribution in [-0.2, 0) is 0 Å². The van der Waals surface area contributed by atoms with Crippen LogP contribution in [0.3, 0.4) is 0 Å². The Hall–Kier alpha value is -2.63. The Morgan fingerprint density at radius 1 is 1.24 bits per heavy atom. The zero-order chi connectivity index (χ0) is 11.7. The van der Waals surface area contributed by atoms with Gasteiger partial charge < -0.3 is 15.2 Å². The summed E-state index contributed by atoms with van der Waals surface area (Å²) >= 11 is 0. The van der Waals surface area contributed by atoms with Crippen molar-refractivity contribution in [1.29, 1.82) is 0 Å². The van der Waals surface area contributed by atoms with Gasteiger partial charge in [-0.3, -0.25) is 0 Å². The summed E-state index contributed by atoms with van der Waals surface area (Å²) in [5.74, 6) is 0.873. The highest BCUT2D eigenvalue weighted by Gasteiger charge is 2.11. The van der Waals surface area contributed by atoms with Gasteiger partial charge in [0.25, 0.3) is 5.89 Å². The molecule has 6 heteroatoms. The van der Waals surface area contributed by atoms with Crippen LogP contribution in [0.1, 0.15) is 0 Å². The van der Waals surface area contributed by atoms with Gasteiger partial charge in [0.15, 0.2) is 0 Å². The lowest BCUT2D eigenvalue weighted by atomic mass is 10.3. The van der Waals surface area contributed by atoms with Crippen molar-refractivity contribution in [1.82, 2.24) is 20.1 Å². The summed E-state index contributed by atoms with van der Waals surface area (Å²) in [6.45, 7) is 0. The lowest BCUT2D eigenvalue weighted by Gasteiger charge is -1.93. The molecule has 0 aliphatic carbocycles. The second-order valence-electron chi connectivity index (χ2n) is 3.48. The van der Waals surface area contributed by atoms with Gasteiger partial charge in [-0.2, -0.15) is 4.98 Å². The molecule has 0 unspecified atom stereocenters. The molecule has 0 amide bonds. The molecular weight excluding hydrogens is 218 g/mol. The third-order valence-corrected chi connectivity index (χ3v) is 2.27. The van der Waals surface area contributed by atoms with Crippen LogP contribution in [0.25, 0.3) is 23.1 Å². The molecule has 0 aliphatic heterocycles. The highest BCUT2D eigenvalue weighted by atomic mass is 16.5. The molecular formula is C11H9N5O. The predicted octanol–water partition coefficient (Wildman–Crippen LogP) is 1.71. The number of anilines is 1. The number of hydrogen-bond donors (Lipinski definition) is 2. The predicted molar refractivity (Wildman–Crippen MR) is 61.7 cm³/mol. The van der Waals surface area contributed by atoms with Gasteiger partial charge in [0.1, 0.15) is 5.69 Å². The molecule has 0 spiro atoms. The Balaban J connectivity index is 1.98. The Morgan fingerprint density at radius 3 is 2.88 bits per heavy atom. The number of rotatable bonds is 2. The molecule has 0 bridgehead atoms. The van der Waals surface area contributed by atoms with E-state index in [0.717, 1.165) is 5.69 Å². The fourth-order valence-electron chi connectivity index (χ4n) is 1.44. The average Bonchev–Trinajstić information content (AvgIpc) is 3.00. The van der Waals surface area contributed by atoms with Gasteiger partial charge in [0.2, 0.25) is 5.82 Å². The summed E-state index contributed by atoms with van der Waals surface area (Å²) in [6.07, 6.45) is 3.35. The van der Waals surface area contributed by atoms with E-state index < -0.39 is 0 Å². The van der Waals surface area contributed by atoms with Crippen molar-refractivity contribution in [3.05, 3.63) is 36.7 Å². The topological polar surface area (TPSA) is 93.6 Å². The minimum absolute atomic E-state index is 0.370. The van der Waals surface area contributed by atoms with Crippen molar-refractivity contribution in [2.45, 2.75) is 0 Å². The van der Waals surface area contributed by atoms with Crippen LogP contribution in [0.15, 0.2) is 41.2 Å². The SMILES string of the molecule is Nc1ccc(-c2nc(-c3ccc[nH]3)no2)nc1. The largest absolute Gasteiger partial charge is 0.397 e. The number of nitrogens with two attached hydrogens (primary N) is 1. The molecule has 0 aliphatic rings. The molecule has 3 rings (SSSR count). The van der Waals surface area contributed by atoms with Crippen LogP contribution in [0.5, 0.6) is 0 Å². The van der Waals surface area contributed by atoms with E-state index >= 15 is 0 Å². The molecule has 3 heterocycles.